The number of esters is 1. The van der Waals surface area contributed by atoms with Gasteiger partial charge in [-0.25, -0.2) is 4.79 Å². The van der Waals surface area contributed by atoms with Gasteiger partial charge in [-0.1, -0.05) is 36.4 Å². The molecule has 8 nitrogen and oxygen atoms in total. The smallest absolute Gasteiger partial charge is 0.327 e. The predicted octanol–water partition coefficient (Wildman–Crippen LogP) is 3.39. The fraction of sp³-hybridized carbons (Fsp3) is 0.125. The number of ether oxygens (including phenoxy) is 2. The second-order valence-corrected chi connectivity index (χ2v) is 7.51. The summed E-state index contributed by atoms with van der Waals surface area (Å²) in [6.45, 7) is 1.31. The van der Waals surface area contributed by atoms with Crippen molar-refractivity contribution in [1.82, 2.24) is 9.97 Å². The number of rotatable bonds is 3. The Hall–Kier alpha value is -4.33. The molecule has 0 spiro atoms. The molecule has 0 aliphatic carbocycles. The molecule has 0 saturated heterocycles. The van der Waals surface area contributed by atoms with Gasteiger partial charge in [0.25, 0.3) is 5.56 Å². The van der Waals surface area contributed by atoms with E-state index in [0.29, 0.717) is 17.1 Å². The molecule has 160 valence electrons. The lowest BCUT2D eigenvalue weighted by atomic mass is 9.80. The molecule has 2 heterocycles. The minimum Gasteiger partial charge on any atom is -0.493 e. The van der Waals surface area contributed by atoms with Crippen molar-refractivity contribution in [3.63, 3.8) is 0 Å². The molecule has 32 heavy (non-hydrogen) atoms. The summed E-state index contributed by atoms with van der Waals surface area (Å²) in [7, 11) is 1.48. The van der Waals surface area contributed by atoms with Crippen molar-refractivity contribution in [2.24, 2.45) is 0 Å². The Morgan fingerprint density at radius 1 is 0.938 bits per heavy atom. The van der Waals surface area contributed by atoms with Gasteiger partial charge >= 0.3 is 11.7 Å². The van der Waals surface area contributed by atoms with Crippen LogP contribution in [0.1, 0.15) is 29.5 Å². The van der Waals surface area contributed by atoms with Crippen molar-refractivity contribution >= 4 is 28.2 Å². The first-order chi connectivity index (χ1) is 15.5. The van der Waals surface area contributed by atoms with Gasteiger partial charge < -0.3 is 14.8 Å². The summed E-state index contributed by atoms with van der Waals surface area (Å²) >= 11 is 0. The molecule has 0 bridgehead atoms. The zero-order valence-corrected chi connectivity index (χ0v) is 17.3. The van der Waals surface area contributed by atoms with E-state index >= 15 is 0 Å². The van der Waals surface area contributed by atoms with Crippen LogP contribution in [0.4, 0.5) is 11.5 Å². The third-order valence-electron chi connectivity index (χ3n) is 5.56. The molecule has 0 fully saturated rings. The topological polar surface area (TPSA) is 113 Å². The first kappa shape index (κ1) is 19.6. The molecule has 3 N–H and O–H groups in total. The number of methoxy groups -OCH3 is 1. The van der Waals surface area contributed by atoms with Gasteiger partial charge in [0.2, 0.25) is 0 Å². The lowest BCUT2D eigenvalue weighted by Crippen LogP contribution is -2.32. The quantitative estimate of drug-likeness (QED) is 0.299. The Morgan fingerprint density at radius 3 is 2.53 bits per heavy atom. The highest BCUT2D eigenvalue weighted by Crippen LogP contribution is 2.46. The Morgan fingerprint density at radius 2 is 1.75 bits per heavy atom. The van der Waals surface area contributed by atoms with Crippen LogP contribution in [0.3, 0.4) is 0 Å². The zero-order valence-electron chi connectivity index (χ0n) is 17.3. The largest absolute Gasteiger partial charge is 0.493 e. The molecule has 0 radical (unpaired) electrons. The number of H-pyrrole nitrogens is 2. The minimum atomic E-state index is -0.591. The van der Waals surface area contributed by atoms with Crippen LogP contribution in [-0.2, 0) is 4.79 Å². The van der Waals surface area contributed by atoms with Gasteiger partial charge in [-0.3, -0.25) is 19.6 Å². The van der Waals surface area contributed by atoms with E-state index in [0.717, 1.165) is 27.6 Å². The first-order valence-electron chi connectivity index (χ1n) is 9.98. The number of benzene rings is 3. The molecule has 3 aromatic carbocycles. The summed E-state index contributed by atoms with van der Waals surface area (Å²) < 4.78 is 10.7. The van der Waals surface area contributed by atoms with Crippen molar-refractivity contribution in [2.75, 3.05) is 12.4 Å². The summed E-state index contributed by atoms with van der Waals surface area (Å²) in [5.41, 5.74) is 1.74. The maximum absolute atomic E-state index is 13.0. The van der Waals surface area contributed by atoms with E-state index in [-0.39, 0.29) is 5.75 Å². The van der Waals surface area contributed by atoms with E-state index in [4.69, 9.17) is 9.47 Å². The minimum absolute atomic E-state index is 0.284. The number of aromatic amines is 2. The fourth-order valence-electron chi connectivity index (χ4n) is 4.30. The summed E-state index contributed by atoms with van der Waals surface area (Å²) in [6.07, 6.45) is 0. The number of aromatic nitrogens is 2. The average molecular weight is 429 g/mol. The SMILES string of the molecule is COc1cc([C@@H]2c3c([nH]c(=O)[nH]c3=O)Nc3ccc4ccccc4c32)ccc1OC(C)=O. The van der Waals surface area contributed by atoms with Gasteiger partial charge in [-0.05, 0) is 40.1 Å². The van der Waals surface area contributed by atoms with E-state index in [1.807, 2.05) is 36.4 Å². The maximum Gasteiger partial charge on any atom is 0.327 e. The summed E-state index contributed by atoms with van der Waals surface area (Å²) in [6, 6.07) is 17.0. The second kappa shape index (κ2) is 7.42. The zero-order chi connectivity index (χ0) is 22.4. The molecule has 0 unspecified atom stereocenters. The van der Waals surface area contributed by atoms with Crippen LogP contribution in [0.5, 0.6) is 11.5 Å². The van der Waals surface area contributed by atoms with Gasteiger partial charge in [-0.15, -0.1) is 0 Å². The van der Waals surface area contributed by atoms with Crippen molar-refractivity contribution in [3.8, 4) is 11.5 Å². The van der Waals surface area contributed by atoms with Crippen LogP contribution in [0, 0.1) is 0 Å². The lowest BCUT2D eigenvalue weighted by molar-refractivity contribution is -0.132. The van der Waals surface area contributed by atoms with Gasteiger partial charge in [0.15, 0.2) is 11.5 Å². The highest BCUT2D eigenvalue weighted by atomic mass is 16.6. The normalized spacial score (nSPS) is 14.2. The van der Waals surface area contributed by atoms with E-state index in [1.165, 1.54) is 14.0 Å². The van der Waals surface area contributed by atoms with Crippen molar-refractivity contribution in [2.45, 2.75) is 12.8 Å². The van der Waals surface area contributed by atoms with Gasteiger partial charge in [0, 0.05) is 18.5 Å². The molecule has 4 aromatic rings. The van der Waals surface area contributed by atoms with E-state index < -0.39 is 23.1 Å². The summed E-state index contributed by atoms with van der Waals surface area (Å²) in [5.74, 6) is 0.0169. The first-order valence-corrected chi connectivity index (χ1v) is 9.98. The predicted molar refractivity (Wildman–Crippen MR) is 120 cm³/mol. The highest BCUT2D eigenvalue weighted by Gasteiger charge is 2.32. The number of hydrogen-bond acceptors (Lipinski definition) is 6. The molecule has 0 saturated carbocycles. The summed E-state index contributed by atoms with van der Waals surface area (Å²) in [4.78, 5) is 41.4. The van der Waals surface area contributed by atoms with Crippen LogP contribution in [0.15, 0.2) is 64.2 Å². The number of fused-ring (bicyclic) bond motifs is 4. The molecular formula is C24H19N3O5. The van der Waals surface area contributed by atoms with E-state index in [2.05, 4.69) is 15.3 Å². The molecule has 8 heteroatoms. The number of carbonyl (C=O) groups is 1. The standard InChI is InChI=1S/C24H19N3O5/c1-12(28)32-17-10-8-14(11-18(17)31-2)19-20-15-6-4-3-5-13(15)7-9-16(20)25-22-21(19)23(29)27-24(30)26-22/h3-11,19H,1-2H3,(H3,25,26,27,29,30)/t19-/m0/s1. The number of anilines is 2. The molecule has 1 aromatic heterocycles. The molecule has 0 amide bonds. The number of carbonyl (C=O) groups excluding carboxylic acids is 1. The number of hydrogen-bond donors (Lipinski definition) is 3. The number of nitrogens with one attached hydrogen (secondary N) is 3. The average Bonchev–Trinajstić information content (AvgIpc) is 2.77. The molecular weight excluding hydrogens is 410 g/mol. The highest BCUT2D eigenvalue weighted by molar-refractivity contribution is 5.94. The summed E-state index contributed by atoms with van der Waals surface area (Å²) in [5, 5.41) is 5.20. The van der Waals surface area contributed by atoms with Crippen LogP contribution in [0.25, 0.3) is 10.8 Å². The molecule has 1 aliphatic heterocycles. The second-order valence-electron chi connectivity index (χ2n) is 7.51. The van der Waals surface area contributed by atoms with E-state index in [1.54, 1.807) is 18.2 Å². The van der Waals surface area contributed by atoms with Crippen molar-refractivity contribution < 1.29 is 14.3 Å². The van der Waals surface area contributed by atoms with Crippen molar-refractivity contribution in [1.29, 1.82) is 0 Å². The molecule has 5 rings (SSSR count). The monoisotopic (exact) mass is 429 g/mol. The van der Waals surface area contributed by atoms with Gasteiger partial charge in [0.1, 0.15) is 5.82 Å². The third-order valence-corrected chi connectivity index (χ3v) is 5.56. The maximum atomic E-state index is 13.0. The van der Waals surface area contributed by atoms with Crippen LogP contribution < -0.4 is 26.0 Å². The molecule has 1 atom stereocenters. The molecule has 1 aliphatic rings. The Kier molecular flexibility index (Phi) is 4.55. The Labute approximate surface area is 181 Å². The van der Waals surface area contributed by atoms with Crippen LogP contribution >= 0.6 is 0 Å². The van der Waals surface area contributed by atoms with Gasteiger partial charge in [-0.2, -0.15) is 0 Å². The van der Waals surface area contributed by atoms with Crippen molar-refractivity contribution in [3.05, 3.63) is 92.1 Å². The van der Waals surface area contributed by atoms with Crippen LogP contribution in [-0.4, -0.2) is 23.0 Å². The lowest BCUT2D eigenvalue weighted by Gasteiger charge is -2.30. The van der Waals surface area contributed by atoms with E-state index in [9.17, 15) is 14.4 Å². The Balaban J connectivity index is 1.82. The third kappa shape index (κ3) is 3.13. The Bertz CT molecular complexity index is 1500. The van der Waals surface area contributed by atoms with Crippen LogP contribution in [0.2, 0.25) is 0 Å². The fourth-order valence-corrected chi connectivity index (χ4v) is 4.30. The van der Waals surface area contributed by atoms with Gasteiger partial charge in [0.05, 0.1) is 12.7 Å².